The Morgan fingerprint density at radius 3 is 2.42 bits per heavy atom. The van der Waals surface area contributed by atoms with E-state index in [1.807, 2.05) is 0 Å². The van der Waals surface area contributed by atoms with Crippen LogP contribution in [-0.4, -0.2) is 33.0 Å². The lowest BCUT2D eigenvalue weighted by Crippen LogP contribution is -2.34. The molecule has 1 atom stereocenters. The minimum absolute atomic E-state index is 0.169. The van der Waals surface area contributed by atoms with Gasteiger partial charge >= 0.3 is 0 Å². The van der Waals surface area contributed by atoms with Gasteiger partial charge in [0.2, 0.25) is 11.8 Å². The molecule has 1 rings (SSSR count). The van der Waals surface area contributed by atoms with Gasteiger partial charge in [0.15, 0.2) is 0 Å². The third-order valence-corrected chi connectivity index (χ3v) is 2.66. The zero-order valence-electron chi connectivity index (χ0n) is 11.5. The van der Waals surface area contributed by atoms with Crippen molar-refractivity contribution in [1.82, 2.24) is 10.6 Å². The Bertz CT molecular complexity index is 474. The van der Waals surface area contributed by atoms with Gasteiger partial charge in [-0.1, -0.05) is 0 Å². The lowest BCUT2D eigenvalue weighted by Gasteiger charge is -2.19. The van der Waals surface area contributed by atoms with E-state index in [0.717, 1.165) is 0 Å². The summed E-state index contributed by atoms with van der Waals surface area (Å²) in [6.45, 7) is 1.43. The highest BCUT2D eigenvalue weighted by Gasteiger charge is 2.21. The summed E-state index contributed by atoms with van der Waals surface area (Å²) >= 11 is 0. The van der Waals surface area contributed by atoms with Crippen molar-refractivity contribution in [3.8, 4) is 5.75 Å². The molecule has 0 aliphatic rings. The monoisotopic (exact) mass is 265 g/mol. The summed E-state index contributed by atoms with van der Waals surface area (Å²) in [7, 11) is 4.79. The Morgan fingerprint density at radius 2 is 1.95 bits per heavy atom. The normalized spacial score (nSPS) is 11.6. The van der Waals surface area contributed by atoms with E-state index in [-0.39, 0.29) is 11.8 Å². The second-order valence-corrected chi connectivity index (χ2v) is 3.97. The second kappa shape index (κ2) is 6.75. The number of hydrogen-bond acceptors (Lipinski definition) is 4. The molecule has 6 nitrogen and oxygen atoms in total. The predicted molar refractivity (Wildman–Crippen MR) is 73.2 cm³/mol. The van der Waals surface area contributed by atoms with E-state index in [4.69, 9.17) is 4.74 Å². The summed E-state index contributed by atoms with van der Waals surface area (Å²) in [4.78, 5) is 22.9. The van der Waals surface area contributed by atoms with Crippen LogP contribution in [0.5, 0.6) is 5.75 Å². The van der Waals surface area contributed by atoms with Crippen LogP contribution in [0.25, 0.3) is 0 Å². The summed E-state index contributed by atoms with van der Waals surface area (Å²) in [5.74, 6) is 0.231. The van der Waals surface area contributed by atoms with Gasteiger partial charge in [0.05, 0.1) is 7.11 Å². The Morgan fingerprint density at radius 1 is 1.26 bits per heavy atom. The molecule has 2 amide bonds. The minimum atomic E-state index is -0.548. The third-order valence-electron chi connectivity index (χ3n) is 2.66. The van der Waals surface area contributed by atoms with Gasteiger partial charge in [-0.15, -0.1) is 0 Å². The molecule has 1 unspecified atom stereocenters. The number of ether oxygens (including phenoxy) is 1. The van der Waals surface area contributed by atoms with Gasteiger partial charge in [-0.3, -0.25) is 9.59 Å². The fourth-order valence-corrected chi connectivity index (χ4v) is 1.81. The van der Waals surface area contributed by atoms with E-state index >= 15 is 0 Å². The first-order valence-corrected chi connectivity index (χ1v) is 5.87. The number of amides is 2. The first-order chi connectivity index (χ1) is 9.03. The quantitative estimate of drug-likeness (QED) is 0.730. The molecule has 0 saturated carbocycles. The largest absolute Gasteiger partial charge is 0.496 e. The summed E-state index contributed by atoms with van der Waals surface area (Å²) in [5, 5.41) is 8.18. The topological polar surface area (TPSA) is 79.5 Å². The summed E-state index contributed by atoms with van der Waals surface area (Å²) in [6.07, 6.45) is 0. The molecule has 1 aromatic carbocycles. The number of benzene rings is 1. The number of carbonyl (C=O) groups is 2. The minimum Gasteiger partial charge on any atom is -0.496 e. The molecule has 0 radical (unpaired) electrons. The highest BCUT2D eigenvalue weighted by atomic mass is 16.5. The molecule has 0 aliphatic heterocycles. The van der Waals surface area contributed by atoms with Gasteiger partial charge in [-0.25, -0.2) is 0 Å². The third kappa shape index (κ3) is 3.69. The number of carbonyl (C=O) groups excluding carboxylic acids is 2. The van der Waals surface area contributed by atoms with Gasteiger partial charge in [-0.2, -0.15) is 0 Å². The molecule has 0 aromatic heterocycles. The molecule has 0 spiro atoms. The van der Waals surface area contributed by atoms with Crippen LogP contribution >= 0.6 is 0 Å². The summed E-state index contributed by atoms with van der Waals surface area (Å²) in [6, 6.07) is 4.61. The molecule has 0 fully saturated rings. The lowest BCUT2D eigenvalue weighted by molar-refractivity contribution is -0.122. The van der Waals surface area contributed by atoms with Crippen LogP contribution in [0, 0.1) is 0 Å². The van der Waals surface area contributed by atoms with Crippen LogP contribution < -0.4 is 20.7 Å². The van der Waals surface area contributed by atoms with Gasteiger partial charge in [-0.05, 0) is 25.2 Å². The lowest BCUT2D eigenvalue weighted by atomic mass is 10.0. The molecule has 0 saturated heterocycles. The molecular formula is C13H19N3O3. The maximum absolute atomic E-state index is 11.8. The van der Waals surface area contributed by atoms with Crippen molar-refractivity contribution in [2.45, 2.75) is 13.0 Å². The smallest absolute Gasteiger partial charge is 0.241 e. The van der Waals surface area contributed by atoms with Gasteiger partial charge in [0.25, 0.3) is 0 Å². The molecule has 0 bridgehead atoms. The van der Waals surface area contributed by atoms with Crippen molar-refractivity contribution >= 4 is 17.5 Å². The highest BCUT2D eigenvalue weighted by molar-refractivity contribution is 5.89. The molecule has 104 valence electrons. The molecule has 1 aromatic rings. The first kappa shape index (κ1) is 15.0. The van der Waals surface area contributed by atoms with Crippen molar-refractivity contribution < 1.29 is 14.3 Å². The SMILES string of the molecule is CNC(=O)C(NC)c1cc(NC(C)=O)ccc1OC. The molecule has 0 aliphatic carbocycles. The van der Waals surface area contributed by atoms with E-state index in [2.05, 4.69) is 16.0 Å². The van der Waals surface area contributed by atoms with Gasteiger partial charge in [0.1, 0.15) is 11.8 Å². The zero-order valence-corrected chi connectivity index (χ0v) is 11.5. The average molecular weight is 265 g/mol. The standard InChI is InChI=1S/C13H19N3O3/c1-8(17)16-9-5-6-11(19-4)10(7-9)12(14-2)13(18)15-3/h5-7,12,14H,1-4H3,(H,15,18)(H,16,17). The van der Waals surface area contributed by atoms with E-state index in [0.29, 0.717) is 17.0 Å². The molecule has 19 heavy (non-hydrogen) atoms. The number of nitrogens with one attached hydrogen (secondary N) is 3. The zero-order chi connectivity index (χ0) is 14.4. The van der Waals surface area contributed by atoms with Crippen molar-refractivity contribution in [3.05, 3.63) is 23.8 Å². The molecule has 0 heterocycles. The van der Waals surface area contributed by atoms with Crippen LogP contribution in [0.4, 0.5) is 5.69 Å². The van der Waals surface area contributed by atoms with Crippen LogP contribution in [0.15, 0.2) is 18.2 Å². The Balaban J connectivity index is 3.20. The number of methoxy groups -OCH3 is 1. The Kier molecular flexibility index (Phi) is 5.32. The Labute approximate surface area is 112 Å². The average Bonchev–Trinajstić information content (AvgIpc) is 2.39. The van der Waals surface area contributed by atoms with Crippen LogP contribution in [0.3, 0.4) is 0 Å². The van der Waals surface area contributed by atoms with E-state index in [9.17, 15) is 9.59 Å². The predicted octanol–water partition coefficient (Wildman–Crippen LogP) is 0.660. The van der Waals surface area contributed by atoms with E-state index < -0.39 is 6.04 Å². The molecule has 3 N–H and O–H groups in total. The van der Waals surface area contributed by atoms with Crippen molar-refractivity contribution in [1.29, 1.82) is 0 Å². The van der Waals surface area contributed by atoms with E-state index in [1.165, 1.54) is 14.0 Å². The highest BCUT2D eigenvalue weighted by Crippen LogP contribution is 2.28. The van der Waals surface area contributed by atoms with Crippen LogP contribution in [-0.2, 0) is 9.59 Å². The fourth-order valence-electron chi connectivity index (χ4n) is 1.81. The van der Waals surface area contributed by atoms with Crippen molar-refractivity contribution in [2.75, 3.05) is 26.5 Å². The fraction of sp³-hybridized carbons (Fsp3) is 0.385. The van der Waals surface area contributed by atoms with Crippen LogP contribution in [0.1, 0.15) is 18.5 Å². The van der Waals surface area contributed by atoms with Gasteiger partial charge < -0.3 is 20.7 Å². The maximum Gasteiger partial charge on any atom is 0.241 e. The van der Waals surface area contributed by atoms with E-state index in [1.54, 1.807) is 32.3 Å². The number of hydrogen-bond donors (Lipinski definition) is 3. The second-order valence-electron chi connectivity index (χ2n) is 3.97. The molecular weight excluding hydrogens is 246 g/mol. The Hall–Kier alpha value is -2.08. The number of anilines is 1. The van der Waals surface area contributed by atoms with Crippen molar-refractivity contribution in [2.24, 2.45) is 0 Å². The van der Waals surface area contributed by atoms with Gasteiger partial charge in [0, 0.05) is 25.2 Å². The first-order valence-electron chi connectivity index (χ1n) is 5.87. The van der Waals surface area contributed by atoms with Crippen molar-refractivity contribution in [3.63, 3.8) is 0 Å². The summed E-state index contributed by atoms with van der Waals surface area (Å²) in [5.41, 5.74) is 1.28. The van der Waals surface area contributed by atoms with Crippen LogP contribution in [0.2, 0.25) is 0 Å². The summed E-state index contributed by atoms with van der Waals surface area (Å²) < 4.78 is 5.25. The maximum atomic E-state index is 11.8. The number of likely N-dealkylation sites (N-methyl/N-ethyl adjacent to an activating group) is 2. The molecule has 6 heteroatoms. The number of rotatable bonds is 5.